The van der Waals surface area contributed by atoms with Crippen molar-refractivity contribution in [2.75, 3.05) is 13.2 Å². The van der Waals surface area contributed by atoms with E-state index in [2.05, 4.69) is 31.2 Å². The summed E-state index contributed by atoms with van der Waals surface area (Å²) in [6.07, 6.45) is 3.68. The van der Waals surface area contributed by atoms with E-state index in [0.29, 0.717) is 12.5 Å². The van der Waals surface area contributed by atoms with Crippen molar-refractivity contribution in [3.63, 3.8) is 0 Å². The van der Waals surface area contributed by atoms with Crippen LogP contribution in [-0.4, -0.2) is 25.4 Å². The minimum absolute atomic E-state index is 0.00574. The molecule has 104 valence electrons. The first-order valence-electron chi connectivity index (χ1n) is 7.33. The molecule has 0 radical (unpaired) electrons. The number of ether oxygens (including phenoxy) is 2. The molecule has 19 heavy (non-hydrogen) atoms. The molecule has 0 bridgehead atoms. The second kappa shape index (κ2) is 5.61. The van der Waals surface area contributed by atoms with Crippen molar-refractivity contribution in [1.82, 2.24) is 0 Å². The molecule has 1 fully saturated rings. The molecule has 2 N–H and O–H groups in total. The topological polar surface area (TPSA) is 44.5 Å². The molecule has 1 heterocycles. The summed E-state index contributed by atoms with van der Waals surface area (Å²) in [4.78, 5) is 0. The molecule has 1 aromatic carbocycles. The van der Waals surface area contributed by atoms with Gasteiger partial charge in [0, 0.05) is 6.61 Å². The van der Waals surface area contributed by atoms with Gasteiger partial charge in [-0.2, -0.15) is 0 Å². The van der Waals surface area contributed by atoms with Gasteiger partial charge in [-0.15, -0.1) is 0 Å². The summed E-state index contributed by atoms with van der Waals surface area (Å²) < 4.78 is 11.7. The first kappa shape index (κ1) is 13.1. The van der Waals surface area contributed by atoms with Crippen LogP contribution in [0.5, 0.6) is 0 Å². The van der Waals surface area contributed by atoms with E-state index in [1.165, 1.54) is 11.1 Å². The van der Waals surface area contributed by atoms with Crippen LogP contribution in [0.2, 0.25) is 0 Å². The zero-order valence-electron chi connectivity index (χ0n) is 11.5. The molecule has 0 spiro atoms. The van der Waals surface area contributed by atoms with Crippen LogP contribution < -0.4 is 5.73 Å². The lowest BCUT2D eigenvalue weighted by Crippen LogP contribution is -2.36. The number of hydrogen-bond donors (Lipinski definition) is 1. The number of benzene rings is 1. The minimum atomic E-state index is -0.00574. The summed E-state index contributed by atoms with van der Waals surface area (Å²) in [6.45, 7) is 3.82. The second-order valence-corrected chi connectivity index (χ2v) is 5.80. The molecule has 1 aliphatic heterocycles. The monoisotopic (exact) mass is 261 g/mol. The van der Waals surface area contributed by atoms with E-state index >= 15 is 0 Å². The normalized spacial score (nSPS) is 34.2. The maximum absolute atomic E-state index is 6.37. The van der Waals surface area contributed by atoms with E-state index in [1.54, 1.807) is 0 Å². The van der Waals surface area contributed by atoms with Crippen LogP contribution in [-0.2, 0) is 9.47 Å². The van der Waals surface area contributed by atoms with Gasteiger partial charge in [0.05, 0.1) is 24.9 Å². The molecule has 0 amide bonds. The van der Waals surface area contributed by atoms with Crippen LogP contribution in [0.4, 0.5) is 0 Å². The molecular weight excluding hydrogens is 238 g/mol. The van der Waals surface area contributed by atoms with Crippen molar-refractivity contribution in [2.24, 2.45) is 5.73 Å². The Morgan fingerprint density at radius 3 is 2.84 bits per heavy atom. The van der Waals surface area contributed by atoms with E-state index in [1.807, 2.05) is 0 Å². The van der Waals surface area contributed by atoms with Gasteiger partial charge in [-0.3, -0.25) is 0 Å². The van der Waals surface area contributed by atoms with Crippen molar-refractivity contribution >= 4 is 0 Å². The predicted octanol–water partition coefficient (Wildman–Crippen LogP) is 2.76. The Morgan fingerprint density at radius 2 is 2.11 bits per heavy atom. The molecule has 1 aliphatic carbocycles. The van der Waals surface area contributed by atoms with Gasteiger partial charge in [0.25, 0.3) is 0 Å². The lowest BCUT2D eigenvalue weighted by Gasteiger charge is -2.35. The van der Waals surface area contributed by atoms with Gasteiger partial charge < -0.3 is 15.2 Å². The third-order valence-electron chi connectivity index (χ3n) is 4.39. The van der Waals surface area contributed by atoms with Crippen LogP contribution in [0.1, 0.15) is 49.3 Å². The van der Waals surface area contributed by atoms with Crippen molar-refractivity contribution in [2.45, 2.75) is 50.4 Å². The van der Waals surface area contributed by atoms with Crippen LogP contribution in [0.3, 0.4) is 0 Å². The van der Waals surface area contributed by atoms with E-state index in [4.69, 9.17) is 15.2 Å². The number of nitrogens with two attached hydrogens (primary N) is 1. The first-order valence-corrected chi connectivity index (χ1v) is 7.33. The highest BCUT2D eigenvalue weighted by molar-refractivity contribution is 5.35. The van der Waals surface area contributed by atoms with E-state index in [9.17, 15) is 0 Å². The van der Waals surface area contributed by atoms with Gasteiger partial charge >= 0.3 is 0 Å². The van der Waals surface area contributed by atoms with Crippen LogP contribution in [0, 0.1) is 0 Å². The molecule has 4 unspecified atom stereocenters. The quantitative estimate of drug-likeness (QED) is 0.910. The zero-order valence-corrected chi connectivity index (χ0v) is 11.5. The fraction of sp³-hybridized carbons (Fsp3) is 0.625. The molecule has 0 aromatic heterocycles. The fourth-order valence-electron chi connectivity index (χ4n) is 3.26. The van der Waals surface area contributed by atoms with Crippen molar-refractivity contribution in [3.05, 3.63) is 35.4 Å². The lowest BCUT2D eigenvalue weighted by atomic mass is 9.79. The fourth-order valence-corrected chi connectivity index (χ4v) is 3.26. The summed E-state index contributed by atoms with van der Waals surface area (Å²) in [7, 11) is 0. The average Bonchev–Trinajstić information content (AvgIpc) is 2.95. The second-order valence-electron chi connectivity index (χ2n) is 5.80. The summed E-state index contributed by atoms with van der Waals surface area (Å²) >= 11 is 0. The lowest BCUT2D eigenvalue weighted by molar-refractivity contribution is -0.0373. The number of hydrogen-bond acceptors (Lipinski definition) is 3. The standard InChI is InChI=1S/C16H23NO2/c1-11-9-15(19-10-12-5-4-8-18-12)16(17)14-7-3-2-6-13(11)14/h2-3,6-7,11-12,15-16H,4-5,8-10,17H2,1H3. The SMILES string of the molecule is CC1CC(OCC2CCCO2)C(N)c2ccccc21. The van der Waals surface area contributed by atoms with Gasteiger partial charge in [-0.25, -0.2) is 0 Å². The molecule has 3 nitrogen and oxygen atoms in total. The maximum atomic E-state index is 6.37. The molecular formula is C16H23NO2. The van der Waals surface area contributed by atoms with E-state index in [0.717, 1.165) is 25.9 Å². The van der Waals surface area contributed by atoms with Crippen LogP contribution in [0.15, 0.2) is 24.3 Å². The Labute approximate surface area is 115 Å². The Kier molecular flexibility index (Phi) is 3.87. The van der Waals surface area contributed by atoms with Gasteiger partial charge in [0.2, 0.25) is 0 Å². The van der Waals surface area contributed by atoms with E-state index < -0.39 is 0 Å². The van der Waals surface area contributed by atoms with Crippen molar-refractivity contribution in [3.8, 4) is 0 Å². The molecule has 2 aliphatic rings. The van der Waals surface area contributed by atoms with Gasteiger partial charge in [0.1, 0.15) is 0 Å². The van der Waals surface area contributed by atoms with Gasteiger partial charge in [-0.05, 0) is 36.3 Å². The number of rotatable bonds is 3. The molecule has 3 heteroatoms. The minimum Gasteiger partial charge on any atom is -0.376 e. The largest absolute Gasteiger partial charge is 0.376 e. The predicted molar refractivity (Wildman–Crippen MR) is 75.1 cm³/mol. The molecule has 0 saturated carbocycles. The average molecular weight is 261 g/mol. The van der Waals surface area contributed by atoms with Gasteiger partial charge in [0.15, 0.2) is 0 Å². The number of fused-ring (bicyclic) bond motifs is 1. The maximum Gasteiger partial charge on any atom is 0.0809 e. The first-order chi connectivity index (χ1) is 9.25. The third kappa shape index (κ3) is 2.69. The highest BCUT2D eigenvalue weighted by Crippen LogP contribution is 2.37. The van der Waals surface area contributed by atoms with Gasteiger partial charge in [-0.1, -0.05) is 31.2 Å². The highest BCUT2D eigenvalue weighted by Gasteiger charge is 2.32. The summed E-state index contributed by atoms with van der Waals surface area (Å²) in [5.74, 6) is 0.519. The molecule has 1 aromatic rings. The molecule has 4 atom stereocenters. The van der Waals surface area contributed by atoms with Crippen LogP contribution in [0.25, 0.3) is 0 Å². The van der Waals surface area contributed by atoms with Crippen molar-refractivity contribution < 1.29 is 9.47 Å². The third-order valence-corrected chi connectivity index (χ3v) is 4.39. The molecule has 3 rings (SSSR count). The Morgan fingerprint density at radius 1 is 1.32 bits per heavy atom. The summed E-state index contributed by atoms with van der Waals surface area (Å²) in [5, 5.41) is 0. The highest BCUT2D eigenvalue weighted by atomic mass is 16.5. The smallest absolute Gasteiger partial charge is 0.0809 e. The van der Waals surface area contributed by atoms with Crippen molar-refractivity contribution in [1.29, 1.82) is 0 Å². The molecule has 1 saturated heterocycles. The summed E-state index contributed by atoms with van der Waals surface area (Å²) in [6, 6.07) is 8.48. The summed E-state index contributed by atoms with van der Waals surface area (Å²) in [5.41, 5.74) is 9.00. The Balaban J connectivity index is 1.67. The Hall–Kier alpha value is -0.900. The van der Waals surface area contributed by atoms with E-state index in [-0.39, 0.29) is 18.2 Å². The zero-order chi connectivity index (χ0) is 13.2. The Bertz CT molecular complexity index is 429. The van der Waals surface area contributed by atoms with Crippen LogP contribution >= 0.6 is 0 Å².